The molecule has 40 heavy (non-hydrogen) atoms. The van der Waals surface area contributed by atoms with Gasteiger partial charge in [0.15, 0.2) is 0 Å². The van der Waals surface area contributed by atoms with Gasteiger partial charge in [-0.1, -0.05) is 135 Å². The predicted molar refractivity (Wildman–Crippen MR) is 170 cm³/mol. The minimum absolute atomic E-state index is 0.154. The number of hydrogen-bond donors (Lipinski definition) is 0. The van der Waals surface area contributed by atoms with E-state index in [0.29, 0.717) is 12.2 Å². The molecule has 0 aliphatic heterocycles. The number of benzene rings is 2. The number of azo groups is 1. The minimum Gasteiger partial charge on any atom is -0.427 e. The van der Waals surface area contributed by atoms with E-state index in [-0.39, 0.29) is 5.97 Å². The highest BCUT2D eigenvalue weighted by Gasteiger charge is 2.05. The number of nitrogens with zero attached hydrogens (tertiary/aromatic N) is 2. The zero-order valence-electron chi connectivity index (χ0n) is 25.7. The maximum Gasteiger partial charge on any atom is 0.311 e. The van der Waals surface area contributed by atoms with Crippen molar-refractivity contribution in [1.29, 1.82) is 0 Å². The van der Waals surface area contributed by atoms with Gasteiger partial charge in [0.25, 0.3) is 0 Å². The van der Waals surface area contributed by atoms with E-state index >= 15 is 0 Å². The number of carbonyl (C=O) groups is 1. The Balaban J connectivity index is 1.53. The second kappa shape index (κ2) is 23.2. The van der Waals surface area contributed by atoms with Crippen LogP contribution in [0.3, 0.4) is 0 Å². The third-order valence-electron chi connectivity index (χ3n) is 7.59. The van der Waals surface area contributed by atoms with Crippen molar-refractivity contribution in [2.75, 3.05) is 0 Å². The van der Waals surface area contributed by atoms with Crippen LogP contribution in [0.1, 0.15) is 148 Å². The van der Waals surface area contributed by atoms with Gasteiger partial charge in [0.1, 0.15) is 5.75 Å². The summed E-state index contributed by atoms with van der Waals surface area (Å²) in [5.74, 6) is 0.413. The van der Waals surface area contributed by atoms with Crippen LogP contribution in [-0.2, 0) is 11.2 Å². The fraction of sp³-hybridized carbons (Fsp3) is 0.639. The summed E-state index contributed by atoms with van der Waals surface area (Å²) in [7, 11) is 0. The second-order valence-corrected chi connectivity index (χ2v) is 11.3. The molecule has 4 nitrogen and oxygen atoms in total. The van der Waals surface area contributed by atoms with Crippen LogP contribution in [0, 0.1) is 0 Å². The lowest BCUT2D eigenvalue weighted by atomic mass is 10.0. The summed E-state index contributed by atoms with van der Waals surface area (Å²) in [6, 6.07) is 15.6. The van der Waals surface area contributed by atoms with Crippen molar-refractivity contribution >= 4 is 17.3 Å². The molecule has 0 spiro atoms. The number of carbonyl (C=O) groups excluding carboxylic acids is 1. The predicted octanol–water partition coefficient (Wildman–Crippen LogP) is 12.4. The van der Waals surface area contributed by atoms with Gasteiger partial charge < -0.3 is 4.74 Å². The molecule has 0 aromatic heterocycles. The summed E-state index contributed by atoms with van der Waals surface area (Å²) >= 11 is 0. The number of ether oxygens (including phenoxy) is 1. The summed E-state index contributed by atoms with van der Waals surface area (Å²) in [5, 5.41) is 8.69. The van der Waals surface area contributed by atoms with Crippen molar-refractivity contribution in [3.8, 4) is 5.75 Å². The van der Waals surface area contributed by atoms with Crippen molar-refractivity contribution in [3.05, 3.63) is 54.1 Å². The molecule has 0 heterocycles. The van der Waals surface area contributed by atoms with Gasteiger partial charge in [-0.2, -0.15) is 10.2 Å². The van der Waals surface area contributed by atoms with E-state index in [2.05, 4.69) is 36.2 Å². The molecule has 0 amide bonds. The summed E-state index contributed by atoms with van der Waals surface area (Å²) in [5.41, 5.74) is 2.95. The summed E-state index contributed by atoms with van der Waals surface area (Å²) in [4.78, 5) is 12.2. The molecule has 0 aliphatic carbocycles. The molecule has 0 fully saturated rings. The Morgan fingerprint density at radius 3 is 1.40 bits per heavy atom. The topological polar surface area (TPSA) is 51.0 Å². The van der Waals surface area contributed by atoms with Gasteiger partial charge in [0.2, 0.25) is 0 Å². The first-order valence-corrected chi connectivity index (χ1v) is 16.5. The first-order chi connectivity index (χ1) is 19.7. The minimum atomic E-state index is -0.154. The molecule has 0 aliphatic rings. The molecule has 2 aromatic rings. The maximum atomic E-state index is 12.2. The molecular formula is C36H56N2O2. The third-order valence-corrected chi connectivity index (χ3v) is 7.59. The lowest BCUT2D eigenvalue weighted by molar-refractivity contribution is -0.134. The highest BCUT2D eigenvalue weighted by atomic mass is 16.5. The van der Waals surface area contributed by atoms with Gasteiger partial charge in [-0.3, -0.25) is 4.79 Å². The van der Waals surface area contributed by atoms with E-state index in [0.717, 1.165) is 30.6 Å². The van der Waals surface area contributed by atoms with E-state index in [4.69, 9.17) is 4.74 Å². The molecule has 4 heteroatoms. The Kier molecular flexibility index (Phi) is 19.6. The summed E-state index contributed by atoms with van der Waals surface area (Å²) < 4.78 is 5.50. The summed E-state index contributed by atoms with van der Waals surface area (Å²) in [6.45, 7) is 4.53. The van der Waals surface area contributed by atoms with Crippen LogP contribution in [0.15, 0.2) is 58.8 Å². The van der Waals surface area contributed by atoms with Gasteiger partial charge >= 0.3 is 5.97 Å². The zero-order chi connectivity index (χ0) is 28.5. The molecule has 0 bridgehead atoms. The Labute approximate surface area is 245 Å². The Bertz CT molecular complexity index is 905. The standard InChI is InChI=1S/C36H56N2O2/c1-3-5-7-9-11-12-13-14-15-16-17-19-21-23-36(39)40-35-30-28-34(29-31-35)38-37-33-26-24-32(25-27-33)22-20-18-10-8-6-4-2/h24-31H,3-23H2,1-2H3. The number of esters is 1. The first-order valence-electron chi connectivity index (χ1n) is 16.5. The number of hydrogen-bond acceptors (Lipinski definition) is 4. The zero-order valence-corrected chi connectivity index (χ0v) is 25.7. The van der Waals surface area contributed by atoms with Crippen molar-refractivity contribution in [1.82, 2.24) is 0 Å². The van der Waals surface area contributed by atoms with E-state index in [1.165, 1.54) is 115 Å². The molecule has 222 valence electrons. The van der Waals surface area contributed by atoms with E-state index in [1.807, 2.05) is 24.3 Å². The number of aryl methyl sites for hydroxylation is 1. The SMILES string of the molecule is CCCCCCCCCCCCCCCC(=O)Oc1ccc(N=Nc2ccc(CCCCCCCC)cc2)cc1. The van der Waals surface area contributed by atoms with E-state index in [9.17, 15) is 4.79 Å². The Morgan fingerprint density at radius 1 is 0.525 bits per heavy atom. The van der Waals surface area contributed by atoms with Crippen molar-refractivity contribution in [2.45, 2.75) is 149 Å². The van der Waals surface area contributed by atoms with Crippen LogP contribution in [0.2, 0.25) is 0 Å². The van der Waals surface area contributed by atoms with Gasteiger partial charge in [-0.25, -0.2) is 0 Å². The van der Waals surface area contributed by atoms with Crippen LogP contribution >= 0.6 is 0 Å². The number of unbranched alkanes of at least 4 members (excludes halogenated alkanes) is 17. The molecule has 0 saturated carbocycles. The average Bonchev–Trinajstić information content (AvgIpc) is 2.97. The molecule has 0 radical (unpaired) electrons. The van der Waals surface area contributed by atoms with E-state index in [1.54, 1.807) is 12.1 Å². The first kappa shape index (κ1) is 33.7. The number of rotatable bonds is 24. The van der Waals surface area contributed by atoms with Crippen molar-refractivity contribution in [3.63, 3.8) is 0 Å². The maximum absolute atomic E-state index is 12.2. The van der Waals surface area contributed by atoms with Gasteiger partial charge in [0, 0.05) is 6.42 Å². The molecule has 0 atom stereocenters. The summed E-state index contributed by atoms with van der Waals surface area (Å²) in [6.07, 6.45) is 26.4. The van der Waals surface area contributed by atoms with Gasteiger partial charge in [0.05, 0.1) is 11.4 Å². The quantitative estimate of drug-likeness (QED) is 0.0567. The fourth-order valence-electron chi connectivity index (χ4n) is 5.00. The van der Waals surface area contributed by atoms with Crippen molar-refractivity contribution in [2.24, 2.45) is 10.2 Å². The molecule has 2 aromatic carbocycles. The van der Waals surface area contributed by atoms with Crippen LogP contribution in [0.25, 0.3) is 0 Å². The van der Waals surface area contributed by atoms with Crippen molar-refractivity contribution < 1.29 is 9.53 Å². The second-order valence-electron chi connectivity index (χ2n) is 11.3. The highest BCUT2D eigenvalue weighted by molar-refractivity contribution is 5.72. The lowest BCUT2D eigenvalue weighted by Crippen LogP contribution is -2.07. The van der Waals surface area contributed by atoms with Crippen LogP contribution in [-0.4, -0.2) is 5.97 Å². The highest BCUT2D eigenvalue weighted by Crippen LogP contribution is 2.23. The Hall–Kier alpha value is -2.49. The largest absolute Gasteiger partial charge is 0.427 e. The fourth-order valence-corrected chi connectivity index (χ4v) is 5.00. The van der Waals surface area contributed by atoms with Crippen LogP contribution in [0.4, 0.5) is 11.4 Å². The molecule has 0 N–H and O–H groups in total. The molecule has 0 unspecified atom stereocenters. The molecular weight excluding hydrogens is 492 g/mol. The Morgan fingerprint density at radius 2 is 0.925 bits per heavy atom. The van der Waals surface area contributed by atoms with Gasteiger partial charge in [-0.15, -0.1) is 0 Å². The van der Waals surface area contributed by atoms with Crippen LogP contribution in [0.5, 0.6) is 5.75 Å². The smallest absolute Gasteiger partial charge is 0.311 e. The third kappa shape index (κ3) is 17.3. The van der Waals surface area contributed by atoms with Gasteiger partial charge in [-0.05, 0) is 61.2 Å². The lowest BCUT2D eigenvalue weighted by Gasteiger charge is -2.05. The average molecular weight is 549 g/mol. The normalized spacial score (nSPS) is 11.3. The van der Waals surface area contributed by atoms with Crippen LogP contribution < -0.4 is 4.74 Å². The molecule has 2 rings (SSSR count). The molecule has 0 saturated heterocycles. The van der Waals surface area contributed by atoms with E-state index < -0.39 is 0 Å². The monoisotopic (exact) mass is 548 g/mol.